The molecule has 0 nitrogen and oxygen atoms in total. The van der Waals surface area contributed by atoms with Crippen LogP contribution in [0.25, 0.3) is 0 Å². The summed E-state index contributed by atoms with van der Waals surface area (Å²) in [6.45, 7) is 21.9. The molecule has 4 aliphatic carbocycles. The second-order valence-corrected chi connectivity index (χ2v) is 13.8. The molecule has 7 atom stereocenters. The van der Waals surface area contributed by atoms with Crippen LogP contribution in [0, 0.1) is 45.3 Å². The first kappa shape index (κ1) is 22.7. The first-order valence-electron chi connectivity index (χ1n) is 13.3. The van der Waals surface area contributed by atoms with Crippen LogP contribution in [0.2, 0.25) is 0 Å². The summed E-state index contributed by atoms with van der Waals surface area (Å²) in [6.07, 6.45) is 18.4. The molecule has 170 valence electrons. The van der Waals surface area contributed by atoms with Crippen molar-refractivity contribution in [1.29, 1.82) is 0 Å². The Balaban J connectivity index is 1.55. The smallest absolute Gasteiger partial charge is 0.00848 e. The largest absolute Gasteiger partial charge is 0.0999 e. The molecule has 30 heavy (non-hydrogen) atoms. The fourth-order valence-corrected chi connectivity index (χ4v) is 9.03. The van der Waals surface area contributed by atoms with E-state index < -0.39 is 0 Å². The predicted molar refractivity (Wildman–Crippen MR) is 131 cm³/mol. The van der Waals surface area contributed by atoms with E-state index in [1.54, 1.807) is 0 Å². The highest BCUT2D eigenvalue weighted by molar-refractivity contribution is 5.26. The first-order chi connectivity index (χ1) is 13.9. The highest BCUT2D eigenvalue weighted by atomic mass is 14.6. The van der Waals surface area contributed by atoms with Crippen LogP contribution >= 0.6 is 0 Å². The number of hydrogen-bond acceptors (Lipinski definition) is 0. The van der Waals surface area contributed by atoms with Crippen molar-refractivity contribution in [3.63, 3.8) is 0 Å². The Kier molecular flexibility index (Phi) is 5.68. The molecule has 0 aliphatic heterocycles. The van der Waals surface area contributed by atoms with Gasteiger partial charge in [-0.3, -0.25) is 0 Å². The second-order valence-electron chi connectivity index (χ2n) is 13.8. The minimum Gasteiger partial charge on any atom is -0.0999 e. The SMILES string of the molecule is C=C(C)C(C)CCC1(C)CCC2(C)C(=CCC3C2CCC2C(C)(C)CCCC32C)C1. The monoisotopic (exact) mass is 410 g/mol. The molecule has 0 N–H and O–H groups in total. The molecule has 0 spiro atoms. The quantitative estimate of drug-likeness (QED) is 0.405. The molecule has 0 radical (unpaired) electrons. The van der Waals surface area contributed by atoms with E-state index in [0.717, 1.165) is 17.8 Å². The fraction of sp³-hybridized carbons (Fsp3) is 0.867. The van der Waals surface area contributed by atoms with Gasteiger partial charge in [0.25, 0.3) is 0 Å². The highest BCUT2D eigenvalue weighted by Crippen LogP contribution is 2.69. The van der Waals surface area contributed by atoms with Gasteiger partial charge in [-0.15, -0.1) is 0 Å². The molecule has 4 rings (SSSR count). The van der Waals surface area contributed by atoms with E-state index in [1.165, 1.54) is 76.2 Å². The topological polar surface area (TPSA) is 0 Å². The van der Waals surface area contributed by atoms with Gasteiger partial charge >= 0.3 is 0 Å². The molecule has 0 amide bonds. The molecule has 7 unspecified atom stereocenters. The molecule has 0 aromatic rings. The van der Waals surface area contributed by atoms with E-state index in [1.807, 2.05) is 5.57 Å². The van der Waals surface area contributed by atoms with Crippen molar-refractivity contribution in [3.05, 3.63) is 23.8 Å². The van der Waals surface area contributed by atoms with Gasteiger partial charge in [-0.05, 0) is 116 Å². The van der Waals surface area contributed by atoms with Gasteiger partial charge in [-0.1, -0.05) is 71.8 Å². The van der Waals surface area contributed by atoms with E-state index >= 15 is 0 Å². The number of hydrogen-bond donors (Lipinski definition) is 0. The van der Waals surface area contributed by atoms with Crippen molar-refractivity contribution in [3.8, 4) is 0 Å². The predicted octanol–water partition coefficient (Wildman–Crippen LogP) is 9.36. The Morgan fingerprint density at radius 3 is 2.47 bits per heavy atom. The van der Waals surface area contributed by atoms with Gasteiger partial charge in [0.15, 0.2) is 0 Å². The summed E-state index contributed by atoms with van der Waals surface area (Å²) in [7, 11) is 0. The molecule has 3 fully saturated rings. The Labute approximate surface area is 188 Å². The van der Waals surface area contributed by atoms with E-state index in [-0.39, 0.29) is 0 Å². The zero-order chi connectivity index (χ0) is 21.9. The van der Waals surface area contributed by atoms with Crippen LogP contribution in [0.3, 0.4) is 0 Å². The normalized spacial score (nSPS) is 46.1. The van der Waals surface area contributed by atoms with Gasteiger partial charge in [0.2, 0.25) is 0 Å². The molecule has 0 aromatic heterocycles. The van der Waals surface area contributed by atoms with Gasteiger partial charge in [-0.2, -0.15) is 0 Å². The van der Waals surface area contributed by atoms with Crippen molar-refractivity contribution < 1.29 is 0 Å². The van der Waals surface area contributed by atoms with E-state index in [2.05, 4.69) is 61.1 Å². The average molecular weight is 411 g/mol. The lowest BCUT2D eigenvalue weighted by molar-refractivity contribution is -0.127. The van der Waals surface area contributed by atoms with Crippen LogP contribution in [0.5, 0.6) is 0 Å². The third-order valence-electron chi connectivity index (χ3n) is 11.4. The van der Waals surface area contributed by atoms with Gasteiger partial charge in [0.1, 0.15) is 0 Å². The molecular formula is C30H50. The molecule has 4 aliphatic rings. The number of fused-ring (bicyclic) bond motifs is 5. The van der Waals surface area contributed by atoms with Gasteiger partial charge in [0, 0.05) is 0 Å². The van der Waals surface area contributed by atoms with Crippen LogP contribution in [-0.2, 0) is 0 Å². The third kappa shape index (κ3) is 3.57. The Morgan fingerprint density at radius 2 is 1.77 bits per heavy atom. The Bertz CT molecular complexity index is 710. The first-order valence-corrected chi connectivity index (χ1v) is 13.3. The zero-order valence-corrected chi connectivity index (χ0v) is 21.4. The second kappa shape index (κ2) is 7.52. The summed E-state index contributed by atoms with van der Waals surface area (Å²) >= 11 is 0. The van der Waals surface area contributed by atoms with Crippen molar-refractivity contribution in [2.45, 2.75) is 119 Å². The van der Waals surface area contributed by atoms with Crippen molar-refractivity contribution in [2.24, 2.45) is 45.3 Å². The molecule has 0 bridgehead atoms. The van der Waals surface area contributed by atoms with Gasteiger partial charge in [-0.25, -0.2) is 0 Å². The highest BCUT2D eigenvalue weighted by Gasteiger charge is 2.59. The standard InChI is InChI=1S/C30H50/c1-21(2)22(3)14-17-28(6)18-19-29(7)23(20-28)10-11-25-24(29)12-13-26-27(4,5)15-9-16-30(25,26)8/h10,22,24-26H,1,9,11-20H2,2-8H3. The Hall–Kier alpha value is -0.520. The molecule has 0 saturated heterocycles. The van der Waals surface area contributed by atoms with E-state index in [0.29, 0.717) is 27.6 Å². The van der Waals surface area contributed by atoms with Crippen molar-refractivity contribution in [2.75, 3.05) is 0 Å². The summed E-state index contributed by atoms with van der Waals surface area (Å²) in [4.78, 5) is 0. The van der Waals surface area contributed by atoms with Gasteiger partial charge < -0.3 is 0 Å². The number of allylic oxidation sites excluding steroid dienone is 3. The van der Waals surface area contributed by atoms with Crippen molar-refractivity contribution in [1.82, 2.24) is 0 Å². The van der Waals surface area contributed by atoms with Crippen LogP contribution in [0.4, 0.5) is 0 Å². The summed E-state index contributed by atoms with van der Waals surface area (Å²) in [6, 6.07) is 0. The van der Waals surface area contributed by atoms with E-state index in [9.17, 15) is 0 Å². The van der Waals surface area contributed by atoms with Crippen LogP contribution in [0.1, 0.15) is 119 Å². The van der Waals surface area contributed by atoms with Crippen LogP contribution < -0.4 is 0 Å². The lowest BCUT2D eigenvalue weighted by Gasteiger charge is -2.65. The van der Waals surface area contributed by atoms with Crippen LogP contribution in [-0.4, -0.2) is 0 Å². The van der Waals surface area contributed by atoms with Crippen molar-refractivity contribution >= 4 is 0 Å². The Morgan fingerprint density at radius 1 is 1.03 bits per heavy atom. The maximum atomic E-state index is 4.20. The fourth-order valence-electron chi connectivity index (χ4n) is 9.03. The zero-order valence-electron chi connectivity index (χ0n) is 21.4. The van der Waals surface area contributed by atoms with E-state index in [4.69, 9.17) is 0 Å². The summed E-state index contributed by atoms with van der Waals surface area (Å²) in [5.74, 6) is 3.48. The molecule has 0 aromatic carbocycles. The summed E-state index contributed by atoms with van der Waals surface area (Å²) in [5, 5.41) is 0. The lowest BCUT2D eigenvalue weighted by atomic mass is 9.40. The molecule has 0 heterocycles. The van der Waals surface area contributed by atoms with Gasteiger partial charge in [0.05, 0.1) is 0 Å². The molecule has 0 heteroatoms. The third-order valence-corrected chi connectivity index (χ3v) is 11.4. The molecular weight excluding hydrogens is 360 g/mol. The maximum absolute atomic E-state index is 4.20. The molecule has 3 saturated carbocycles. The number of rotatable bonds is 4. The minimum atomic E-state index is 0.484. The maximum Gasteiger partial charge on any atom is -0.00848 e. The average Bonchev–Trinajstić information content (AvgIpc) is 2.66. The lowest BCUT2D eigenvalue weighted by Crippen LogP contribution is -2.56. The van der Waals surface area contributed by atoms with Crippen LogP contribution in [0.15, 0.2) is 23.8 Å². The minimum absolute atomic E-state index is 0.484. The summed E-state index contributed by atoms with van der Waals surface area (Å²) in [5.41, 5.74) is 5.34. The summed E-state index contributed by atoms with van der Waals surface area (Å²) < 4.78 is 0.